The second-order valence-corrected chi connectivity index (χ2v) is 5.43. The lowest BCUT2D eigenvalue weighted by Crippen LogP contribution is -2.06. The van der Waals surface area contributed by atoms with Gasteiger partial charge in [0, 0.05) is 28.6 Å². The van der Waals surface area contributed by atoms with Gasteiger partial charge in [-0.25, -0.2) is 9.97 Å². The van der Waals surface area contributed by atoms with E-state index in [1.807, 2.05) is 0 Å². The van der Waals surface area contributed by atoms with E-state index >= 15 is 0 Å². The summed E-state index contributed by atoms with van der Waals surface area (Å²) in [4.78, 5) is 19.9. The molecule has 0 fully saturated rings. The van der Waals surface area contributed by atoms with Crippen LogP contribution in [0.2, 0.25) is 10.0 Å². The second-order valence-electron chi connectivity index (χ2n) is 4.59. The highest BCUT2D eigenvalue weighted by molar-refractivity contribution is 6.33. The van der Waals surface area contributed by atoms with Gasteiger partial charge in [-0.05, 0) is 29.8 Å². The highest BCUT2D eigenvalue weighted by Crippen LogP contribution is 2.21. The molecular formula is C15H10Cl2N4O. The minimum absolute atomic E-state index is 0.225. The molecule has 0 saturated heterocycles. The highest BCUT2D eigenvalue weighted by Gasteiger charge is 2.13. The number of nitrogens with zero attached hydrogens (tertiary/aromatic N) is 4. The summed E-state index contributed by atoms with van der Waals surface area (Å²) in [6.07, 6.45) is 6.01. The van der Waals surface area contributed by atoms with Crippen LogP contribution in [0.1, 0.15) is 21.6 Å². The van der Waals surface area contributed by atoms with Gasteiger partial charge in [0.1, 0.15) is 12.0 Å². The summed E-state index contributed by atoms with van der Waals surface area (Å²) < 4.78 is 1.63. The fourth-order valence-electron chi connectivity index (χ4n) is 1.97. The molecule has 0 unspecified atom stereocenters. The van der Waals surface area contributed by atoms with Crippen molar-refractivity contribution in [3.8, 4) is 0 Å². The monoisotopic (exact) mass is 332 g/mol. The van der Waals surface area contributed by atoms with Gasteiger partial charge < -0.3 is 0 Å². The van der Waals surface area contributed by atoms with Gasteiger partial charge in [0.05, 0.1) is 12.1 Å². The van der Waals surface area contributed by atoms with Crippen LogP contribution in [-0.2, 0) is 6.54 Å². The van der Waals surface area contributed by atoms with Gasteiger partial charge in [-0.1, -0.05) is 23.2 Å². The molecule has 0 aliphatic carbocycles. The lowest BCUT2D eigenvalue weighted by atomic mass is 10.2. The normalized spacial score (nSPS) is 10.6. The Labute approximate surface area is 136 Å². The lowest BCUT2D eigenvalue weighted by molar-refractivity contribution is 0.103. The van der Waals surface area contributed by atoms with Crippen LogP contribution >= 0.6 is 23.2 Å². The average Bonchev–Trinajstić information content (AvgIpc) is 2.99. The van der Waals surface area contributed by atoms with Crippen molar-refractivity contribution in [3.05, 3.63) is 76.0 Å². The van der Waals surface area contributed by atoms with Crippen molar-refractivity contribution in [1.82, 2.24) is 19.7 Å². The number of halogens is 2. The lowest BCUT2D eigenvalue weighted by Gasteiger charge is -2.05. The van der Waals surface area contributed by atoms with Gasteiger partial charge in [-0.3, -0.25) is 9.48 Å². The topological polar surface area (TPSA) is 60.7 Å². The van der Waals surface area contributed by atoms with Crippen molar-refractivity contribution in [3.63, 3.8) is 0 Å². The van der Waals surface area contributed by atoms with Gasteiger partial charge in [-0.15, -0.1) is 0 Å². The third-order valence-electron chi connectivity index (χ3n) is 3.04. The van der Waals surface area contributed by atoms with Crippen molar-refractivity contribution in [2.45, 2.75) is 6.54 Å². The Morgan fingerprint density at radius 1 is 1.14 bits per heavy atom. The Kier molecular flexibility index (Phi) is 4.18. The van der Waals surface area contributed by atoms with Crippen LogP contribution < -0.4 is 0 Å². The van der Waals surface area contributed by atoms with Gasteiger partial charge in [0.2, 0.25) is 5.78 Å². The van der Waals surface area contributed by atoms with Crippen molar-refractivity contribution in [1.29, 1.82) is 0 Å². The van der Waals surface area contributed by atoms with Crippen LogP contribution in [0, 0.1) is 0 Å². The summed E-state index contributed by atoms with van der Waals surface area (Å²) in [5.74, 6) is -0.225. The standard InChI is InChI=1S/C15H10Cl2N4O/c16-12-1-2-13(17)10(5-12)8-21-4-3-14(20-21)15(22)11-6-18-9-19-7-11/h1-7,9H,8H2. The molecule has 0 N–H and O–H groups in total. The summed E-state index contributed by atoms with van der Waals surface area (Å²) in [5.41, 5.74) is 1.56. The summed E-state index contributed by atoms with van der Waals surface area (Å²) in [5, 5.41) is 5.46. The zero-order valence-corrected chi connectivity index (χ0v) is 12.8. The molecule has 2 aromatic heterocycles. The predicted octanol–water partition coefficient (Wildman–Crippen LogP) is 3.26. The van der Waals surface area contributed by atoms with Crippen LogP contribution in [0.25, 0.3) is 0 Å². The Morgan fingerprint density at radius 2 is 1.91 bits per heavy atom. The van der Waals surface area contributed by atoms with Crippen LogP contribution in [0.5, 0.6) is 0 Å². The average molecular weight is 333 g/mol. The predicted molar refractivity (Wildman–Crippen MR) is 83.3 cm³/mol. The van der Waals surface area contributed by atoms with Crippen LogP contribution in [0.3, 0.4) is 0 Å². The Bertz CT molecular complexity index is 817. The van der Waals surface area contributed by atoms with E-state index in [0.29, 0.717) is 27.8 Å². The maximum Gasteiger partial charge on any atom is 0.216 e. The number of aromatic nitrogens is 4. The quantitative estimate of drug-likeness (QED) is 0.688. The van der Waals surface area contributed by atoms with Crippen molar-refractivity contribution in [2.75, 3.05) is 0 Å². The Hall–Kier alpha value is -2.24. The van der Waals surface area contributed by atoms with E-state index in [2.05, 4.69) is 15.1 Å². The molecule has 0 aliphatic rings. The molecule has 5 nitrogen and oxygen atoms in total. The zero-order valence-electron chi connectivity index (χ0n) is 11.3. The van der Waals surface area contributed by atoms with Gasteiger partial charge in [0.15, 0.2) is 0 Å². The van der Waals surface area contributed by atoms with E-state index in [1.54, 1.807) is 35.1 Å². The zero-order chi connectivity index (χ0) is 15.5. The first-order valence-corrected chi connectivity index (χ1v) is 7.16. The van der Waals surface area contributed by atoms with Gasteiger partial charge in [0.25, 0.3) is 0 Å². The van der Waals surface area contributed by atoms with Crippen molar-refractivity contribution in [2.24, 2.45) is 0 Å². The number of ketones is 1. The largest absolute Gasteiger partial charge is 0.287 e. The summed E-state index contributed by atoms with van der Waals surface area (Å²) in [6.45, 7) is 0.429. The molecule has 2 heterocycles. The van der Waals surface area contributed by atoms with Gasteiger partial charge >= 0.3 is 0 Å². The van der Waals surface area contributed by atoms with E-state index in [0.717, 1.165) is 5.56 Å². The molecule has 0 amide bonds. The minimum atomic E-state index is -0.225. The van der Waals surface area contributed by atoms with E-state index in [4.69, 9.17) is 23.2 Å². The van der Waals surface area contributed by atoms with E-state index in [1.165, 1.54) is 18.7 Å². The van der Waals surface area contributed by atoms with Gasteiger partial charge in [-0.2, -0.15) is 5.10 Å². The maximum absolute atomic E-state index is 12.2. The molecular weight excluding hydrogens is 323 g/mol. The van der Waals surface area contributed by atoms with E-state index in [-0.39, 0.29) is 5.78 Å². The molecule has 110 valence electrons. The molecule has 0 atom stereocenters. The molecule has 0 spiro atoms. The first-order chi connectivity index (χ1) is 10.6. The summed E-state index contributed by atoms with van der Waals surface area (Å²) in [7, 11) is 0. The summed E-state index contributed by atoms with van der Waals surface area (Å²) >= 11 is 12.1. The third kappa shape index (κ3) is 3.16. The molecule has 7 heteroatoms. The van der Waals surface area contributed by atoms with Crippen LogP contribution in [0.15, 0.2) is 49.2 Å². The second kappa shape index (κ2) is 6.25. The fraction of sp³-hybridized carbons (Fsp3) is 0.0667. The summed E-state index contributed by atoms with van der Waals surface area (Å²) in [6, 6.07) is 6.88. The molecule has 1 aromatic carbocycles. The molecule has 0 bridgehead atoms. The third-order valence-corrected chi connectivity index (χ3v) is 3.64. The van der Waals surface area contributed by atoms with Crippen molar-refractivity contribution < 1.29 is 4.79 Å². The molecule has 0 aliphatic heterocycles. The number of carbonyl (C=O) groups excluding carboxylic acids is 1. The molecule has 0 radical (unpaired) electrons. The smallest absolute Gasteiger partial charge is 0.216 e. The number of carbonyl (C=O) groups is 1. The highest BCUT2D eigenvalue weighted by atomic mass is 35.5. The van der Waals surface area contributed by atoms with Crippen LogP contribution in [0.4, 0.5) is 0 Å². The molecule has 3 rings (SSSR count). The SMILES string of the molecule is O=C(c1cncnc1)c1ccn(Cc2cc(Cl)ccc2Cl)n1. The maximum atomic E-state index is 12.2. The number of rotatable bonds is 4. The molecule has 22 heavy (non-hydrogen) atoms. The number of hydrogen-bond acceptors (Lipinski definition) is 4. The molecule has 3 aromatic rings. The van der Waals surface area contributed by atoms with Crippen molar-refractivity contribution >= 4 is 29.0 Å². The van der Waals surface area contributed by atoms with E-state index < -0.39 is 0 Å². The molecule has 0 saturated carbocycles. The number of benzene rings is 1. The van der Waals surface area contributed by atoms with Crippen LogP contribution in [-0.4, -0.2) is 25.5 Å². The van der Waals surface area contributed by atoms with E-state index in [9.17, 15) is 4.79 Å². The number of hydrogen-bond donors (Lipinski definition) is 0. The fourth-order valence-corrected chi connectivity index (χ4v) is 2.35. The first-order valence-electron chi connectivity index (χ1n) is 6.40. The Balaban J connectivity index is 1.82. The minimum Gasteiger partial charge on any atom is -0.287 e. The Morgan fingerprint density at radius 3 is 2.68 bits per heavy atom. The first kappa shape index (κ1) is 14.7.